The Labute approximate surface area is 158 Å². The molecule has 1 aliphatic heterocycles. The van der Waals surface area contributed by atoms with Crippen molar-refractivity contribution < 1.29 is 19.1 Å². The zero-order chi connectivity index (χ0) is 19.3. The molecule has 0 aromatic carbocycles. The van der Waals surface area contributed by atoms with Gasteiger partial charge in [-0.3, -0.25) is 9.59 Å². The number of hydrogen-bond donors (Lipinski definition) is 1. The van der Waals surface area contributed by atoms with Gasteiger partial charge in [-0.25, -0.2) is 4.79 Å². The third-order valence-electron chi connectivity index (χ3n) is 4.31. The monoisotopic (exact) mass is 381 g/mol. The second kappa shape index (κ2) is 9.02. The van der Waals surface area contributed by atoms with Crippen LogP contribution in [0.4, 0.5) is 4.79 Å². The summed E-state index contributed by atoms with van der Waals surface area (Å²) in [6.45, 7) is 9.62. The molecule has 3 amide bonds. The Balaban J connectivity index is 1.93. The number of carbonyl (C=O) groups is 3. The van der Waals surface area contributed by atoms with E-state index in [1.54, 1.807) is 16.7 Å². The van der Waals surface area contributed by atoms with Gasteiger partial charge in [0.25, 0.3) is 5.91 Å². The summed E-state index contributed by atoms with van der Waals surface area (Å²) >= 11 is 1.48. The number of ether oxygens (including phenoxy) is 1. The Kier molecular flexibility index (Phi) is 7.02. The highest BCUT2D eigenvalue weighted by molar-refractivity contribution is 7.13. The van der Waals surface area contributed by atoms with E-state index in [0.29, 0.717) is 26.2 Å². The van der Waals surface area contributed by atoms with Crippen LogP contribution in [0.15, 0.2) is 12.1 Å². The summed E-state index contributed by atoms with van der Waals surface area (Å²) in [5.74, 6) is -0.173. The molecule has 1 aromatic heterocycles. The molecule has 144 valence electrons. The molecule has 26 heavy (non-hydrogen) atoms. The van der Waals surface area contributed by atoms with Gasteiger partial charge < -0.3 is 19.9 Å². The van der Waals surface area contributed by atoms with E-state index in [9.17, 15) is 14.4 Å². The highest BCUT2D eigenvalue weighted by atomic mass is 32.1. The van der Waals surface area contributed by atoms with Gasteiger partial charge in [0.15, 0.2) is 0 Å². The lowest BCUT2D eigenvalue weighted by atomic mass is 10.0. The first kappa shape index (κ1) is 20.2. The number of carbonyl (C=O) groups excluding carboxylic acids is 3. The maximum atomic E-state index is 12.8. The Bertz CT molecular complexity index is 651. The zero-order valence-electron chi connectivity index (χ0n) is 15.8. The van der Waals surface area contributed by atoms with Crippen molar-refractivity contribution in [3.63, 3.8) is 0 Å². The highest BCUT2D eigenvalue weighted by Crippen LogP contribution is 2.18. The van der Waals surface area contributed by atoms with Crippen molar-refractivity contribution in [2.24, 2.45) is 5.92 Å². The fourth-order valence-corrected chi connectivity index (χ4v) is 3.68. The fraction of sp³-hybridized carbons (Fsp3) is 0.611. The Hall–Kier alpha value is -2.09. The van der Waals surface area contributed by atoms with Crippen molar-refractivity contribution in [3.8, 4) is 0 Å². The van der Waals surface area contributed by atoms with E-state index in [4.69, 9.17) is 4.74 Å². The van der Waals surface area contributed by atoms with E-state index >= 15 is 0 Å². The molecule has 1 fully saturated rings. The van der Waals surface area contributed by atoms with Crippen molar-refractivity contribution >= 4 is 29.2 Å². The molecule has 1 aromatic rings. The minimum absolute atomic E-state index is 0.0141. The van der Waals surface area contributed by atoms with Gasteiger partial charge in [-0.05, 0) is 31.9 Å². The van der Waals surface area contributed by atoms with Crippen LogP contribution >= 0.6 is 11.3 Å². The van der Waals surface area contributed by atoms with Crippen LogP contribution in [0.5, 0.6) is 0 Å². The van der Waals surface area contributed by atoms with Crippen molar-refractivity contribution in [2.45, 2.75) is 33.7 Å². The van der Waals surface area contributed by atoms with Crippen LogP contribution in [0.25, 0.3) is 0 Å². The molecule has 1 N–H and O–H groups in total. The molecule has 2 heterocycles. The molecular weight excluding hydrogens is 354 g/mol. The topological polar surface area (TPSA) is 79.0 Å². The average Bonchev–Trinajstić information content (AvgIpc) is 3.05. The molecule has 0 aliphatic carbocycles. The summed E-state index contributed by atoms with van der Waals surface area (Å²) in [6, 6.07) is 3.15. The number of nitrogens with one attached hydrogen (secondary N) is 1. The Morgan fingerprint density at radius 2 is 1.77 bits per heavy atom. The molecule has 0 saturated carbocycles. The minimum Gasteiger partial charge on any atom is -0.450 e. The molecule has 0 radical (unpaired) electrons. The first-order valence-corrected chi connectivity index (χ1v) is 9.73. The van der Waals surface area contributed by atoms with Crippen LogP contribution in [0.3, 0.4) is 0 Å². The van der Waals surface area contributed by atoms with E-state index in [1.807, 2.05) is 32.9 Å². The van der Waals surface area contributed by atoms with Crippen LogP contribution in [0.1, 0.15) is 35.3 Å². The van der Waals surface area contributed by atoms with Gasteiger partial charge in [0.1, 0.15) is 6.04 Å². The molecular formula is C18H27N3O4S. The minimum atomic E-state index is -0.628. The standard InChI is InChI=1S/C18H27N3O4S/c1-5-25-18(24)19-15(12(2)3)17(23)21-10-8-20(9-11-21)16(22)14-7-6-13(4)26-14/h6-7,12,15H,5,8-11H2,1-4H3,(H,19,24). The summed E-state index contributed by atoms with van der Waals surface area (Å²) in [5, 5.41) is 2.65. The molecule has 0 bridgehead atoms. The van der Waals surface area contributed by atoms with Gasteiger partial charge in [-0.1, -0.05) is 13.8 Å². The van der Waals surface area contributed by atoms with Gasteiger partial charge in [0.2, 0.25) is 5.91 Å². The first-order valence-electron chi connectivity index (χ1n) is 8.91. The number of amides is 3. The largest absolute Gasteiger partial charge is 0.450 e. The third-order valence-corrected chi connectivity index (χ3v) is 5.30. The summed E-state index contributed by atoms with van der Waals surface area (Å²) in [4.78, 5) is 42.3. The summed E-state index contributed by atoms with van der Waals surface area (Å²) < 4.78 is 4.89. The van der Waals surface area contributed by atoms with E-state index in [2.05, 4.69) is 5.32 Å². The SMILES string of the molecule is CCOC(=O)NC(C(=O)N1CCN(C(=O)c2ccc(C)s2)CC1)C(C)C. The molecule has 7 nitrogen and oxygen atoms in total. The number of nitrogens with zero attached hydrogens (tertiary/aromatic N) is 2. The second-order valence-electron chi connectivity index (χ2n) is 6.61. The quantitative estimate of drug-likeness (QED) is 0.847. The first-order chi connectivity index (χ1) is 12.3. The lowest BCUT2D eigenvalue weighted by molar-refractivity contribution is -0.135. The van der Waals surface area contributed by atoms with Crippen LogP contribution in [-0.4, -0.2) is 66.5 Å². The van der Waals surface area contributed by atoms with Crippen molar-refractivity contribution in [1.82, 2.24) is 15.1 Å². The van der Waals surface area contributed by atoms with Gasteiger partial charge in [0, 0.05) is 31.1 Å². The summed E-state index contributed by atoms with van der Waals surface area (Å²) in [6.07, 6.45) is -0.582. The highest BCUT2D eigenvalue weighted by Gasteiger charge is 2.32. The Morgan fingerprint density at radius 3 is 2.27 bits per heavy atom. The smallest absolute Gasteiger partial charge is 0.407 e. The number of rotatable bonds is 5. The predicted octanol–water partition coefficient (Wildman–Crippen LogP) is 2.11. The normalized spacial score (nSPS) is 15.7. The number of hydrogen-bond acceptors (Lipinski definition) is 5. The second-order valence-corrected chi connectivity index (χ2v) is 7.90. The molecule has 1 atom stereocenters. The lowest BCUT2D eigenvalue weighted by Gasteiger charge is -2.37. The van der Waals surface area contributed by atoms with Crippen LogP contribution in [-0.2, 0) is 9.53 Å². The number of aryl methyl sites for hydroxylation is 1. The van der Waals surface area contributed by atoms with Crippen LogP contribution in [0.2, 0.25) is 0 Å². The molecule has 1 saturated heterocycles. The van der Waals surface area contributed by atoms with Gasteiger partial charge >= 0.3 is 6.09 Å². The van der Waals surface area contributed by atoms with Gasteiger partial charge in [-0.15, -0.1) is 11.3 Å². The number of alkyl carbamates (subject to hydrolysis) is 1. The number of piperazine rings is 1. The fourth-order valence-electron chi connectivity index (χ4n) is 2.85. The molecule has 1 unspecified atom stereocenters. The van der Waals surface area contributed by atoms with Gasteiger partial charge in [0.05, 0.1) is 11.5 Å². The van der Waals surface area contributed by atoms with Crippen molar-refractivity contribution in [3.05, 3.63) is 21.9 Å². The van der Waals surface area contributed by atoms with E-state index in [1.165, 1.54) is 11.3 Å². The summed E-state index contributed by atoms with van der Waals surface area (Å²) in [7, 11) is 0. The zero-order valence-corrected chi connectivity index (χ0v) is 16.6. The van der Waals surface area contributed by atoms with Crippen LogP contribution < -0.4 is 5.32 Å². The average molecular weight is 381 g/mol. The van der Waals surface area contributed by atoms with Gasteiger partial charge in [-0.2, -0.15) is 0 Å². The molecule has 2 rings (SSSR count). The van der Waals surface area contributed by atoms with Crippen molar-refractivity contribution in [1.29, 1.82) is 0 Å². The summed E-state index contributed by atoms with van der Waals surface area (Å²) in [5.41, 5.74) is 0. The maximum Gasteiger partial charge on any atom is 0.407 e. The van der Waals surface area contributed by atoms with Crippen LogP contribution in [0, 0.1) is 12.8 Å². The predicted molar refractivity (Wildman–Crippen MR) is 100 cm³/mol. The maximum absolute atomic E-state index is 12.8. The van der Waals surface area contributed by atoms with E-state index in [-0.39, 0.29) is 24.3 Å². The number of thiophene rings is 1. The molecule has 8 heteroatoms. The Morgan fingerprint density at radius 1 is 1.15 bits per heavy atom. The molecule has 0 spiro atoms. The van der Waals surface area contributed by atoms with Crippen molar-refractivity contribution in [2.75, 3.05) is 32.8 Å². The van der Waals surface area contributed by atoms with E-state index in [0.717, 1.165) is 9.75 Å². The lowest BCUT2D eigenvalue weighted by Crippen LogP contribution is -2.57. The molecule has 1 aliphatic rings. The van der Waals surface area contributed by atoms with E-state index < -0.39 is 12.1 Å². The third kappa shape index (κ3) is 4.97.